The Morgan fingerprint density at radius 1 is 1.17 bits per heavy atom. The highest BCUT2D eigenvalue weighted by atomic mass is 16.5. The second-order valence-corrected chi connectivity index (χ2v) is 3.71. The lowest BCUT2D eigenvalue weighted by atomic mass is 10.0. The lowest BCUT2D eigenvalue weighted by Crippen LogP contribution is -2.06. The first-order valence-electron chi connectivity index (χ1n) is 5.09. The van der Waals surface area contributed by atoms with E-state index in [1.165, 1.54) is 37.4 Å². The van der Waals surface area contributed by atoms with Crippen LogP contribution < -0.4 is 5.11 Å². The van der Waals surface area contributed by atoms with Gasteiger partial charge < -0.3 is 14.9 Å². The van der Waals surface area contributed by atoms with Crippen molar-refractivity contribution in [2.75, 3.05) is 7.11 Å². The van der Waals surface area contributed by atoms with E-state index in [1.54, 1.807) is 0 Å². The number of hydrogen-bond acceptors (Lipinski definition) is 4. The van der Waals surface area contributed by atoms with E-state index in [4.69, 9.17) is 5.11 Å². The Morgan fingerprint density at radius 3 is 2.50 bits per heavy atom. The van der Waals surface area contributed by atoms with Gasteiger partial charge >= 0.3 is 11.9 Å². The molecule has 0 unspecified atom stereocenters. The number of rotatable bonds is 2. The number of carboxylic acid groups (broad SMARTS) is 1. The second-order valence-electron chi connectivity index (χ2n) is 3.71. The van der Waals surface area contributed by atoms with Crippen molar-refractivity contribution in [3.8, 4) is 5.75 Å². The fourth-order valence-corrected chi connectivity index (χ4v) is 1.68. The predicted molar refractivity (Wildman–Crippen MR) is 61.7 cm³/mol. The van der Waals surface area contributed by atoms with Crippen molar-refractivity contribution in [1.82, 2.24) is 0 Å². The van der Waals surface area contributed by atoms with Crippen molar-refractivity contribution >= 4 is 22.7 Å². The van der Waals surface area contributed by atoms with Gasteiger partial charge in [0.15, 0.2) is 0 Å². The highest BCUT2D eigenvalue weighted by Crippen LogP contribution is 2.24. The van der Waals surface area contributed by atoms with E-state index in [-0.39, 0.29) is 11.1 Å². The standard InChI is InChI=1S/C13H10O5/c1-18-13(17)10-5-9-4-8(12(15)16)3-2-7(9)6-11(10)14/h2-6,14H,1H3,(H,15,16)/p-1. The molecule has 0 atom stereocenters. The third-order valence-electron chi connectivity index (χ3n) is 2.59. The van der Waals surface area contributed by atoms with E-state index in [2.05, 4.69) is 4.74 Å². The topological polar surface area (TPSA) is 86.7 Å². The number of aromatic carboxylic acids is 1. The zero-order chi connectivity index (χ0) is 13.3. The smallest absolute Gasteiger partial charge is 0.337 e. The molecule has 0 amide bonds. The van der Waals surface area contributed by atoms with Gasteiger partial charge in [-0.15, -0.1) is 0 Å². The normalized spacial score (nSPS) is 10.3. The molecule has 0 spiro atoms. The maximum Gasteiger partial charge on any atom is 0.337 e. The van der Waals surface area contributed by atoms with Crippen molar-refractivity contribution < 1.29 is 24.5 Å². The number of hydrogen-bond donors (Lipinski definition) is 1. The number of methoxy groups -OCH3 is 1. The van der Waals surface area contributed by atoms with Crippen LogP contribution in [0.2, 0.25) is 0 Å². The highest BCUT2D eigenvalue weighted by molar-refractivity contribution is 6.00. The highest BCUT2D eigenvalue weighted by Gasteiger charge is 2.09. The monoisotopic (exact) mass is 245 g/mol. The quantitative estimate of drug-likeness (QED) is 0.808. The fraction of sp³-hybridized carbons (Fsp3) is 0.0769. The summed E-state index contributed by atoms with van der Waals surface area (Å²) in [5, 5.41) is 21.6. The number of carbonyl (C=O) groups excluding carboxylic acids is 1. The first-order chi connectivity index (χ1) is 8.52. The molecule has 0 aliphatic heterocycles. The Morgan fingerprint density at radius 2 is 1.89 bits per heavy atom. The number of carboxylic acids is 1. The molecule has 1 N–H and O–H groups in total. The van der Waals surface area contributed by atoms with Crippen molar-refractivity contribution in [1.29, 1.82) is 0 Å². The molecule has 0 aromatic heterocycles. The van der Waals surface area contributed by atoms with Crippen LogP contribution in [0.1, 0.15) is 20.7 Å². The molecule has 0 saturated carbocycles. The van der Waals surface area contributed by atoms with Crippen molar-refractivity contribution in [3.63, 3.8) is 0 Å². The lowest BCUT2D eigenvalue weighted by Gasteiger charge is -2.13. The molecule has 0 radical (unpaired) electrons. The van der Waals surface area contributed by atoms with Gasteiger partial charge in [-0.05, 0) is 29.0 Å². The molecule has 5 nitrogen and oxygen atoms in total. The summed E-state index contributed by atoms with van der Waals surface area (Å²) < 4.78 is 4.49. The van der Waals surface area contributed by atoms with Crippen LogP contribution in [-0.4, -0.2) is 24.2 Å². The molecule has 5 heteroatoms. The Labute approximate surface area is 102 Å². The number of esters is 1. The maximum absolute atomic E-state index is 11.6. The van der Waals surface area contributed by atoms with Crippen LogP contribution >= 0.6 is 0 Å². The maximum atomic E-state index is 11.6. The molecule has 92 valence electrons. The van der Waals surface area contributed by atoms with E-state index < -0.39 is 17.7 Å². The van der Waals surface area contributed by atoms with E-state index in [0.717, 1.165) is 0 Å². The lowest BCUT2D eigenvalue weighted by molar-refractivity contribution is -0.268. The van der Waals surface area contributed by atoms with Gasteiger partial charge in [0.2, 0.25) is 0 Å². The fourth-order valence-electron chi connectivity index (χ4n) is 1.68. The molecular formula is C13H9O5-. The first kappa shape index (κ1) is 11.9. The van der Waals surface area contributed by atoms with E-state index in [0.29, 0.717) is 10.8 Å². The van der Waals surface area contributed by atoms with Gasteiger partial charge in [0.05, 0.1) is 18.2 Å². The van der Waals surface area contributed by atoms with Crippen LogP contribution in [0.15, 0.2) is 30.3 Å². The summed E-state index contributed by atoms with van der Waals surface area (Å²) >= 11 is 0. The average molecular weight is 245 g/mol. The molecule has 0 fully saturated rings. The van der Waals surface area contributed by atoms with Gasteiger partial charge in [0, 0.05) is 0 Å². The summed E-state index contributed by atoms with van der Waals surface area (Å²) in [6.07, 6.45) is 0. The summed E-state index contributed by atoms with van der Waals surface area (Å²) in [5.41, 5.74) is -0.00972. The van der Waals surface area contributed by atoms with Gasteiger partial charge in [0.1, 0.15) is 0 Å². The van der Waals surface area contributed by atoms with Crippen molar-refractivity contribution in [2.45, 2.75) is 0 Å². The molecule has 0 aliphatic rings. The predicted octanol–water partition coefficient (Wildman–Crippen LogP) is 1.40. The molecule has 0 saturated heterocycles. The van der Waals surface area contributed by atoms with E-state index in [9.17, 15) is 14.7 Å². The number of benzene rings is 2. The van der Waals surface area contributed by atoms with Crippen LogP contribution in [0.25, 0.3) is 10.8 Å². The zero-order valence-electron chi connectivity index (χ0n) is 9.47. The number of ether oxygens (including phenoxy) is 1. The molecule has 0 aliphatic carbocycles. The van der Waals surface area contributed by atoms with Crippen molar-refractivity contribution in [2.24, 2.45) is 0 Å². The van der Waals surface area contributed by atoms with Gasteiger partial charge in [-0.3, -0.25) is 0 Å². The third-order valence-corrected chi connectivity index (χ3v) is 2.59. The summed E-state index contributed by atoms with van der Waals surface area (Å²) in [4.78, 5) is 22.2. The first-order valence-corrected chi connectivity index (χ1v) is 5.09. The van der Waals surface area contributed by atoms with E-state index >= 15 is 0 Å². The zero-order valence-corrected chi connectivity index (χ0v) is 9.47. The second kappa shape index (κ2) is 4.37. The molecule has 0 heterocycles. The minimum absolute atomic E-state index is 0.0944. The summed E-state index contributed by atoms with van der Waals surface area (Å²) in [6.45, 7) is 0. The summed E-state index contributed by atoms with van der Waals surface area (Å²) in [6, 6.07) is 6.97. The molecule has 0 bridgehead atoms. The van der Waals surface area contributed by atoms with Gasteiger partial charge in [-0.25, -0.2) is 9.59 Å². The minimum Gasteiger partial charge on any atom is -0.872 e. The summed E-state index contributed by atoms with van der Waals surface area (Å²) in [7, 11) is 1.18. The molecule has 18 heavy (non-hydrogen) atoms. The Hall–Kier alpha value is -2.56. The van der Waals surface area contributed by atoms with Gasteiger partial charge in [-0.2, -0.15) is 0 Å². The van der Waals surface area contributed by atoms with Crippen LogP contribution in [-0.2, 0) is 4.74 Å². The Kier molecular flexibility index (Phi) is 2.89. The van der Waals surface area contributed by atoms with Crippen molar-refractivity contribution in [3.05, 3.63) is 41.5 Å². The van der Waals surface area contributed by atoms with Crippen LogP contribution in [0, 0.1) is 0 Å². The molecule has 2 aromatic rings. The molecule has 2 rings (SSSR count). The number of fused-ring (bicyclic) bond motifs is 1. The van der Waals surface area contributed by atoms with Crippen LogP contribution in [0.4, 0.5) is 0 Å². The molecular weight excluding hydrogens is 236 g/mol. The largest absolute Gasteiger partial charge is 0.872 e. The number of carbonyl (C=O) groups is 2. The minimum atomic E-state index is -1.07. The van der Waals surface area contributed by atoms with Gasteiger partial charge in [0.25, 0.3) is 0 Å². The van der Waals surface area contributed by atoms with E-state index in [1.807, 2.05) is 0 Å². The van der Waals surface area contributed by atoms with Crippen LogP contribution in [0.5, 0.6) is 5.75 Å². The van der Waals surface area contributed by atoms with Crippen LogP contribution in [0.3, 0.4) is 0 Å². The Bertz CT molecular complexity index is 645. The van der Waals surface area contributed by atoms with Gasteiger partial charge in [-0.1, -0.05) is 17.9 Å². The third kappa shape index (κ3) is 1.98. The SMILES string of the molecule is COC(=O)c1cc2cc(C(=O)O)ccc2cc1[O-]. The average Bonchev–Trinajstić information content (AvgIpc) is 2.36. The Balaban J connectivity index is 2.66. The summed E-state index contributed by atoms with van der Waals surface area (Å²) in [5.74, 6) is -2.25. The molecule has 2 aromatic carbocycles.